The fourth-order valence-electron chi connectivity index (χ4n) is 5.41. The summed E-state index contributed by atoms with van der Waals surface area (Å²) in [6.45, 7) is 7.05. The van der Waals surface area contributed by atoms with Gasteiger partial charge in [0.2, 0.25) is 5.91 Å². The number of fused-ring (bicyclic) bond motifs is 1. The number of hydrogen-bond donors (Lipinski definition) is 2. The van der Waals surface area contributed by atoms with E-state index in [1.807, 2.05) is 6.07 Å². The number of aromatic amines is 1. The molecule has 1 amide bonds. The summed E-state index contributed by atoms with van der Waals surface area (Å²) in [5.74, 6) is -0.141. The van der Waals surface area contributed by atoms with Crippen LogP contribution in [0, 0.1) is 0 Å². The summed E-state index contributed by atoms with van der Waals surface area (Å²) in [6.07, 6.45) is 9.93. The van der Waals surface area contributed by atoms with E-state index >= 15 is 0 Å². The Bertz CT molecular complexity index is 821. The van der Waals surface area contributed by atoms with Crippen LogP contribution in [0.2, 0.25) is 0 Å². The van der Waals surface area contributed by atoms with Crippen molar-refractivity contribution in [3.8, 4) is 0 Å². The first-order valence-electron chi connectivity index (χ1n) is 11.3. The smallest absolute Gasteiger partial charge is 0.233 e. The van der Waals surface area contributed by atoms with Crippen LogP contribution < -0.4 is 5.32 Å². The number of rotatable bonds is 6. The molecule has 0 saturated carbocycles. The number of unbranched alkanes of at least 4 members (excludes halogenated alkanes) is 1. The predicted octanol–water partition coefficient (Wildman–Crippen LogP) is 5.18. The molecule has 2 aliphatic heterocycles. The van der Waals surface area contributed by atoms with E-state index in [9.17, 15) is 4.79 Å². The Balaban J connectivity index is 1.73. The highest BCUT2D eigenvalue weighted by atomic mass is 16.2. The van der Waals surface area contributed by atoms with E-state index in [1.54, 1.807) is 6.20 Å². The Morgan fingerprint density at radius 1 is 1.21 bits per heavy atom. The third-order valence-electron chi connectivity index (χ3n) is 6.90. The summed E-state index contributed by atoms with van der Waals surface area (Å²) < 4.78 is 0. The van der Waals surface area contributed by atoms with E-state index in [1.165, 1.54) is 49.7 Å². The zero-order valence-corrected chi connectivity index (χ0v) is 17.9. The second-order valence-corrected chi connectivity index (χ2v) is 8.87. The first kappa shape index (κ1) is 20.1. The maximum atomic E-state index is 12.7. The van der Waals surface area contributed by atoms with Gasteiger partial charge in [0.1, 0.15) is 0 Å². The molecular weight excluding hydrogens is 360 g/mol. The van der Waals surface area contributed by atoms with E-state index in [4.69, 9.17) is 0 Å². The summed E-state index contributed by atoms with van der Waals surface area (Å²) in [7, 11) is 0. The average Bonchev–Trinajstić information content (AvgIpc) is 3.24. The van der Waals surface area contributed by atoms with Crippen LogP contribution in [0.1, 0.15) is 88.1 Å². The summed E-state index contributed by atoms with van der Waals surface area (Å²) in [5, 5.41) is 10.2. The fourth-order valence-corrected chi connectivity index (χ4v) is 5.41. The number of H-pyrrole nitrogens is 1. The Morgan fingerprint density at radius 3 is 2.69 bits per heavy atom. The van der Waals surface area contributed by atoms with E-state index in [2.05, 4.69) is 59.4 Å². The lowest BCUT2D eigenvalue weighted by Crippen LogP contribution is -2.46. The number of carbonyl (C=O) groups excluding carboxylic acids is 1. The van der Waals surface area contributed by atoms with Gasteiger partial charge in [-0.25, -0.2) is 0 Å². The van der Waals surface area contributed by atoms with Gasteiger partial charge in [-0.3, -0.25) is 14.8 Å². The molecule has 1 aromatic carbocycles. The molecule has 1 fully saturated rings. The van der Waals surface area contributed by atoms with Crippen LogP contribution in [0.4, 0.5) is 5.69 Å². The van der Waals surface area contributed by atoms with Crippen LogP contribution in [-0.2, 0) is 11.2 Å². The van der Waals surface area contributed by atoms with Gasteiger partial charge < -0.3 is 5.32 Å². The molecular formula is C24H34N4O. The summed E-state index contributed by atoms with van der Waals surface area (Å²) >= 11 is 0. The van der Waals surface area contributed by atoms with Gasteiger partial charge >= 0.3 is 0 Å². The molecule has 2 aromatic rings. The highest BCUT2D eigenvalue weighted by molar-refractivity contribution is 5.99. The third kappa shape index (κ3) is 3.97. The fraction of sp³-hybridized carbons (Fsp3) is 0.583. The molecule has 1 saturated heterocycles. The number of nitrogens with zero attached hydrogens (tertiary/aromatic N) is 2. The van der Waals surface area contributed by atoms with Gasteiger partial charge in [0.15, 0.2) is 0 Å². The number of likely N-dealkylation sites (tertiary alicyclic amines) is 1. The molecule has 4 unspecified atom stereocenters. The van der Waals surface area contributed by atoms with Gasteiger partial charge in [-0.15, -0.1) is 0 Å². The maximum Gasteiger partial charge on any atom is 0.233 e. The molecule has 5 heteroatoms. The lowest BCUT2D eigenvalue weighted by Gasteiger charge is -2.45. The van der Waals surface area contributed by atoms with Crippen LogP contribution >= 0.6 is 0 Å². The molecule has 0 aliphatic carbocycles. The molecule has 156 valence electrons. The Labute approximate surface area is 174 Å². The normalized spacial score (nSPS) is 26.0. The third-order valence-corrected chi connectivity index (χ3v) is 6.90. The average molecular weight is 395 g/mol. The van der Waals surface area contributed by atoms with Gasteiger partial charge in [-0.05, 0) is 62.8 Å². The molecule has 5 nitrogen and oxygen atoms in total. The Hall–Kier alpha value is -2.14. The van der Waals surface area contributed by atoms with Gasteiger partial charge in [-0.2, -0.15) is 5.10 Å². The first-order chi connectivity index (χ1) is 14.1. The van der Waals surface area contributed by atoms with Gasteiger partial charge in [-0.1, -0.05) is 38.3 Å². The quantitative estimate of drug-likeness (QED) is 0.709. The second-order valence-electron chi connectivity index (χ2n) is 8.87. The van der Waals surface area contributed by atoms with Crippen LogP contribution in [0.3, 0.4) is 0 Å². The van der Waals surface area contributed by atoms with Crippen LogP contribution in [0.25, 0.3) is 0 Å². The number of benzene rings is 1. The number of nitrogens with one attached hydrogen (secondary N) is 2. The van der Waals surface area contributed by atoms with Crippen molar-refractivity contribution in [1.29, 1.82) is 0 Å². The second kappa shape index (κ2) is 8.70. The Kier molecular flexibility index (Phi) is 6.04. The number of amides is 1. The molecule has 0 radical (unpaired) electrons. The zero-order valence-electron chi connectivity index (χ0n) is 17.9. The van der Waals surface area contributed by atoms with E-state index < -0.39 is 0 Å². The van der Waals surface area contributed by atoms with Crippen molar-refractivity contribution >= 4 is 11.6 Å². The highest BCUT2D eigenvalue weighted by Crippen LogP contribution is 2.41. The molecule has 4 rings (SSSR count). The summed E-state index contributed by atoms with van der Waals surface area (Å²) in [4.78, 5) is 15.5. The van der Waals surface area contributed by atoms with Crippen LogP contribution in [0.5, 0.6) is 0 Å². The topological polar surface area (TPSA) is 61.0 Å². The predicted molar refractivity (Wildman–Crippen MR) is 117 cm³/mol. The number of hydrogen-bond acceptors (Lipinski definition) is 3. The van der Waals surface area contributed by atoms with Crippen molar-refractivity contribution in [1.82, 2.24) is 15.1 Å². The lowest BCUT2D eigenvalue weighted by atomic mass is 9.83. The molecule has 4 atom stereocenters. The highest BCUT2D eigenvalue weighted by Gasteiger charge is 2.36. The van der Waals surface area contributed by atoms with Gasteiger partial charge in [0.25, 0.3) is 0 Å². The number of anilines is 1. The zero-order chi connectivity index (χ0) is 20.4. The molecule has 2 N–H and O–H groups in total. The molecule has 1 aromatic heterocycles. The van der Waals surface area contributed by atoms with Gasteiger partial charge in [0.05, 0.1) is 5.92 Å². The molecule has 0 spiro atoms. The van der Waals surface area contributed by atoms with Crippen molar-refractivity contribution in [3.05, 3.63) is 47.3 Å². The number of piperidine rings is 1. The van der Waals surface area contributed by atoms with Crippen LogP contribution in [-0.4, -0.2) is 33.1 Å². The van der Waals surface area contributed by atoms with E-state index in [0.29, 0.717) is 18.1 Å². The maximum absolute atomic E-state index is 12.7. The van der Waals surface area contributed by atoms with Crippen molar-refractivity contribution in [2.75, 3.05) is 5.32 Å². The number of aromatic nitrogens is 2. The minimum atomic E-state index is -0.200. The minimum Gasteiger partial charge on any atom is -0.325 e. The van der Waals surface area contributed by atoms with Crippen molar-refractivity contribution in [2.45, 2.75) is 89.8 Å². The Morgan fingerprint density at radius 2 is 2.00 bits per heavy atom. The molecule has 3 heterocycles. The SMILES string of the molecule is CCCCC(c1cccc2c1CC(c1ccn[nH]1)C(=O)N2)N1C(C)CCCC1C. The van der Waals surface area contributed by atoms with Gasteiger partial charge in [0, 0.05) is 35.7 Å². The first-order valence-corrected chi connectivity index (χ1v) is 11.3. The van der Waals surface area contributed by atoms with Crippen LogP contribution in [0.15, 0.2) is 30.5 Å². The van der Waals surface area contributed by atoms with Crippen molar-refractivity contribution < 1.29 is 4.79 Å². The summed E-state index contributed by atoms with van der Waals surface area (Å²) in [6, 6.07) is 9.99. The molecule has 0 bridgehead atoms. The number of carbonyl (C=O) groups is 1. The van der Waals surface area contributed by atoms with E-state index in [-0.39, 0.29) is 11.8 Å². The molecule has 2 aliphatic rings. The van der Waals surface area contributed by atoms with Crippen molar-refractivity contribution in [3.63, 3.8) is 0 Å². The standard InChI is InChI=1S/C24H34N4O/c1-4-5-12-23(28-16(2)8-6-9-17(28)3)18-10-7-11-21-19(18)15-20(24(29)26-21)22-13-14-25-27-22/h7,10-11,13-14,16-17,20,23H,4-6,8-9,12,15H2,1-3H3,(H,25,27)(H,26,29). The van der Waals surface area contributed by atoms with Crippen molar-refractivity contribution in [2.24, 2.45) is 0 Å². The monoisotopic (exact) mass is 394 g/mol. The molecule has 29 heavy (non-hydrogen) atoms. The lowest BCUT2D eigenvalue weighted by molar-refractivity contribution is -0.117. The summed E-state index contributed by atoms with van der Waals surface area (Å²) in [5.41, 5.74) is 4.59. The minimum absolute atomic E-state index is 0.0590. The van der Waals surface area contributed by atoms with E-state index in [0.717, 1.165) is 17.8 Å². The largest absolute Gasteiger partial charge is 0.325 e.